The van der Waals surface area contributed by atoms with Crippen molar-refractivity contribution >= 4 is 17.5 Å². The van der Waals surface area contributed by atoms with E-state index in [2.05, 4.69) is 6.07 Å². The van der Waals surface area contributed by atoms with Gasteiger partial charge in [-0.15, -0.1) is 0 Å². The van der Waals surface area contributed by atoms with E-state index in [1.54, 1.807) is 24.3 Å². The molecule has 26 heavy (non-hydrogen) atoms. The lowest BCUT2D eigenvalue weighted by Crippen LogP contribution is -2.60. The van der Waals surface area contributed by atoms with Crippen LogP contribution in [0.15, 0.2) is 24.3 Å². The van der Waals surface area contributed by atoms with Crippen LogP contribution in [0.4, 0.5) is 0 Å². The monoisotopic (exact) mass is 366 g/mol. The van der Waals surface area contributed by atoms with Crippen LogP contribution in [-0.2, 0) is 9.47 Å². The van der Waals surface area contributed by atoms with Crippen molar-refractivity contribution < 1.29 is 9.47 Å². The van der Waals surface area contributed by atoms with Gasteiger partial charge in [0.1, 0.15) is 6.10 Å². The summed E-state index contributed by atoms with van der Waals surface area (Å²) in [5.41, 5.74) is -2.97. The molecule has 2 bridgehead atoms. The highest BCUT2D eigenvalue weighted by Crippen LogP contribution is 2.69. The van der Waals surface area contributed by atoms with Crippen LogP contribution in [0.1, 0.15) is 37.4 Å². The van der Waals surface area contributed by atoms with Crippen LogP contribution in [0, 0.1) is 56.2 Å². The molecule has 0 unspecified atom stereocenters. The number of benzene rings is 1. The Hall–Kier alpha value is -2.59. The van der Waals surface area contributed by atoms with E-state index in [0.717, 1.165) is 12.8 Å². The molecule has 0 amide bonds. The fourth-order valence-electron chi connectivity index (χ4n) is 4.80. The van der Waals surface area contributed by atoms with Crippen molar-refractivity contribution in [1.29, 1.82) is 21.2 Å². The van der Waals surface area contributed by atoms with Crippen LogP contribution in [0.2, 0.25) is 5.02 Å². The molecule has 3 aliphatic rings. The lowest BCUT2D eigenvalue weighted by molar-refractivity contribution is -0.294. The predicted octanol–water partition coefficient (Wildman–Crippen LogP) is 3.85. The van der Waals surface area contributed by atoms with Crippen molar-refractivity contribution in [3.8, 4) is 18.2 Å². The van der Waals surface area contributed by atoms with E-state index in [4.69, 9.17) is 26.5 Å². The number of rotatable bonds is 1. The van der Waals surface area contributed by atoms with E-state index in [0.29, 0.717) is 23.4 Å². The Morgan fingerprint density at radius 2 is 1.77 bits per heavy atom. The molecule has 2 heterocycles. The lowest BCUT2D eigenvalue weighted by Gasteiger charge is -2.51. The fourth-order valence-corrected chi connectivity index (χ4v) is 4.92. The van der Waals surface area contributed by atoms with Gasteiger partial charge in [0.15, 0.2) is 5.41 Å². The van der Waals surface area contributed by atoms with Crippen LogP contribution >= 0.6 is 11.6 Å². The highest BCUT2D eigenvalue weighted by molar-refractivity contribution is 6.30. The SMILES string of the molecule is N#CC1(C#N)[C@@H](c2ccc(Cl)cc2)O[C@@]23CCCC[C@H]2[C@@]1(C#N)C(=N)O3. The van der Waals surface area contributed by atoms with Crippen LogP contribution in [0.3, 0.4) is 0 Å². The third-order valence-electron chi connectivity index (χ3n) is 5.99. The lowest BCUT2D eigenvalue weighted by atomic mass is 9.51. The van der Waals surface area contributed by atoms with E-state index < -0.39 is 28.6 Å². The van der Waals surface area contributed by atoms with Crippen molar-refractivity contribution in [1.82, 2.24) is 0 Å². The summed E-state index contributed by atoms with van der Waals surface area (Å²) in [6.07, 6.45) is 1.78. The summed E-state index contributed by atoms with van der Waals surface area (Å²) >= 11 is 5.96. The van der Waals surface area contributed by atoms with Gasteiger partial charge in [0.05, 0.1) is 24.1 Å². The highest BCUT2D eigenvalue weighted by atomic mass is 35.5. The number of nitriles is 3. The molecule has 7 heteroatoms. The molecular weight excluding hydrogens is 352 g/mol. The molecule has 0 spiro atoms. The smallest absolute Gasteiger partial charge is 0.217 e. The number of hydrogen-bond acceptors (Lipinski definition) is 6. The average Bonchev–Trinajstić information content (AvgIpc) is 2.87. The Morgan fingerprint density at radius 3 is 2.38 bits per heavy atom. The Labute approximate surface area is 156 Å². The predicted molar refractivity (Wildman–Crippen MR) is 90.5 cm³/mol. The first kappa shape index (κ1) is 16.9. The normalized spacial score (nSPS) is 36.8. The van der Waals surface area contributed by atoms with Gasteiger partial charge in [-0.1, -0.05) is 30.2 Å². The molecular formula is C19H15ClN4O2. The van der Waals surface area contributed by atoms with E-state index in [1.807, 2.05) is 12.1 Å². The van der Waals surface area contributed by atoms with Crippen LogP contribution in [0.5, 0.6) is 0 Å². The van der Waals surface area contributed by atoms with Crippen molar-refractivity contribution in [2.24, 2.45) is 16.7 Å². The summed E-state index contributed by atoms with van der Waals surface area (Å²) in [5, 5.41) is 39.2. The fraction of sp³-hybridized carbons (Fsp3) is 0.474. The number of nitrogens with zero attached hydrogens (tertiary/aromatic N) is 3. The Bertz CT molecular complexity index is 895. The maximum atomic E-state index is 10.1. The Balaban J connectivity index is 1.99. The molecule has 4 atom stereocenters. The molecule has 1 aliphatic carbocycles. The zero-order chi connectivity index (χ0) is 18.6. The molecule has 130 valence electrons. The zero-order valence-corrected chi connectivity index (χ0v) is 14.6. The second-order valence-corrected chi connectivity index (χ2v) is 7.48. The van der Waals surface area contributed by atoms with Gasteiger partial charge in [-0.2, -0.15) is 15.8 Å². The van der Waals surface area contributed by atoms with Crippen molar-refractivity contribution in [3.63, 3.8) is 0 Å². The highest BCUT2D eigenvalue weighted by Gasteiger charge is 2.80. The third-order valence-corrected chi connectivity index (χ3v) is 6.24. The first-order valence-electron chi connectivity index (χ1n) is 8.45. The third kappa shape index (κ3) is 1.75. The summed E-state index contributed by atoms with van der Waals surface area (Å²) in [4.78, 5) is 0. The zero-order valence-electron chi connectivity index (χ0n) is 13.8. The van der Waals surface area contributed by atoms with Gasteiger partial charge in [0.2, 0.25) is 17.1 Å². The molecule has 1 aromatic rings. The molecule has 4 rings (SSSR count). The second-order valence-electron chi connectivity index (χ2n) is 7.04. The quantitative estimate of drug-likeness (QED) is 0.810. The standard InChI is InChI=1S/C19H15ClN4O2/c20-13-6-4-12(5-7-13)15-17(9-21,10-22)18(11-23)14-3-1-2-8-19(14,25-15)26-16(18)24/h4-7,14-15,24H,1-3,8H2/t14-,15+,18-,19+/m0/s1. The van der Waals surface area contributed by atoms with Gasteiger partial charge >= 0.3 is 0 Å². The summed E-state index contributed by atoms with van der Waals surface area (Å²) in [7, 11) is 0. The van der Waals surface area contributed by atoms with Crippen LogP contribution in [-0.4, -0.2) is 11.7 Å². The van der Waals surface area contributed by atoms with Crippen molar-refractivity contribution in [2.75, 3.05) is 0 Å². The molecule has 1 saturated carbocycles. The molecule has 3 fully saturated rings. The van der Waals surface area contributed by atoms with E-state index in [-0.39, 0.29) is 5.90 Å². The molecule has 1 N–H and O–H groups in total. The summed E-state index contributed by atoms with van der Waals surface area (Å²) in [6.45, 7) is 0. The molecule has 6 nitrogen and oxygen atoms in total. The van der Waals surface area contributed by atoms with Crippen molar-refractivity contribution in [3.05, 3.63) is 34.9 Å². The van der Waals surface area contributed by atoms with Gasteiger partial charge in [-0.05, 0) is 30.5 Å². The number of hydrogen-bond donors (Lipinski definition) is 1. The topological polar surface area (TPSA) is 114 Å². The summed E-state index contributed by atoms with van der Waals surface area (Å²) < 4.78 is 12.1. The maximum absolute atomic E-state index is 10.1. The van der Waals surface area contributed by atoms with Crippen LogP contribution in [0.25, 0.3) is 0 Å². The number of halogens is 1. The van der Waals surface area contributed by atoms with Crippen LogP contribution < -0.4 is 0 Å². The van der Waals surface area contributed by atoms with Gasteiger partial charge in [0, 0.05) is 11.4 Å². The molecule has 1 aromatic carbocycles. The molecule has 0 radical (unpaired) electrons. The van der Waals surface area contributed by atoms with E-state index in [9.17, 15) is 15.8 Å². The Morgan fingerprint density at radius 1 is 1.08 bits per heavy atom. The molecule has 2 aliphatic heterocycles. The molecule has 0 aromatic heterocycles. The minimum atomic E-state index is -1.88. The first-order valence-corrected chi connectivity index (χ1v) is 8.82. The number of ether oxygens (including phenoxy) is 2. The van der Waals surface area contributed by atoms with E-state index in [1.165, 1.54) is 0 Å². The summed E-state index contributed by atoms with van der Waals surface area (Å²) in [5.74, 6) is -1.97. The van der Waals surface area contributed by atoms with Crippen molar-refractivity contribution in [2.45, 2.75) is 37.6 Å². The minimum absolute atomic E-state index is 0.327. The number of nitrogens with one attached hydrogen (secondary N) is 1. The second kappa shape index (κ2) is 5.45. The summed E-state index contributed by atoms with van der Waals surface area (Å²) in [6, 6.07) is 12.9. The Kier molecular flexibility index (Phi) is 3.53. The molecule has 2 saturated heterocycles. The van der Waals surface area contributed by atoms with Gasteiger partial charge in [-0.25, -0.2) is 0 Å². The van der Waals surface area contributed by atoms with Gasteiger partial charge < -0.3 is 9.47 Å². The maximum Gasteiger partial charge on any atom is 0.217 e. The van der Waals surface area contributed by atoms with Gasteiger partial charge in [0.25, 0.3) is 0 Å². The largest absolute Gasteiger partial charge is 0.447 e. The minimum Gasteiger partial charge on any atom is -0.447 e. The average molecular weight is 367 g/mol. The van der Waals surface area contributed by atoms with E-state index >= 15 is 0 Å². The van der Waals surface area contributed by atoms with Gasteiger partial charge in [-0.3, -0.25) is 5.41 Å². The first-order chi connectivity index (χ1) is 12.5.